The molecule has 2 heteroatoms. The Morgan fingerprint density at radius 3 is 2.81 bits per heavy atom. The number of rotatable bonds is 7. The van der Waals surface area contributed by atoms with Crippen LogP contribution in [-0.4, -0.2) is 10.8 Å². The highest BCUT2D eigenvalue weighted by molar-refractivity contribution is 5.78. The van der Waals surface area contributed by atoms with E-state index in [0.29, 0.717) is 18.1 Å². The SMILES string of the molecule is CC(C)CCCC(=O)CCc1cccnc1. The van der Waals surface area contributed by atoms with Crippen LogP contribution in [0.5, 0.6) is 0 Å². The highest BCUT2D eigenvalue weighted by Crippen LogP contribution is 2.09. The third-order valence-corrected chi connectivity index (χ3v) is 2.65. The molecule has 0 aliphatic heterocycles. The smallest absolute Gasteiger partial charge is 0.133 e. The number of aromatic nitrogens is 1. The minimum absolute atomic E-state index is 0.379. The summed E-state index contributed by atoms with van der Waals surface area (Å²) in [5.74, 6) is 1.08. The molecule has 88 valence electrons. The summed E-state index contributed by atoms with van der Waals surface area (Å²) in [6.07, 6.45) is 7.99. The third-order valence-electron chi connectivity index (χ3n) is 2.65. The molecule has 2 nitrogen and oxygen atoms in total. The van der Waals surface area contributed by atoms with E-state index in [1.807, 2.05) is 18.3 Å². The van der Waals surface area contributed by atoms with Gasteiger partial charge in [-0.05, 0) is 30.4 Å². The quantitative estimate of drug-likeness (QED) is 0.703. The van der Waals surface area contributed by atoms with Crippen molar-refractivity contribution in [3.05, 3.63) is 30.1 Å². The van der Waals surface area contributed by atoms with E-state index in [2.05, 4.69) is 18.8 Å². The first kappa shape index (κ1) is 12.9. The van der Waals surface area contributed by atoms with Crippen LogP contribution in [0.15, 0.2) is 24.5 Å². The zero-order chi connectivity index (χ0) is 11.8. The zero-order valence-corrected chi connectivity index (χ0v) is 10.3. The number of hydrogen-bond donors (Lipinski definition) is 0. The van der Waals surface area contributed by atoms with Gasteiger partial charge in [0.1, 0.15) is 5.78 Å². The highest BCUT2D eigenvalue weighted by atomic mass is 16.1. The number of carbonyl (C=O) groups excluding carboxylic acids is 1. The Kier molecular flexibility index (Phi) is 5.76. The summed E-state index contributed by atoms with van der Waals surface area (Å²) in [7, 11) is 0. The van der Waals surface area contributed by atoms with Gasteiger partial charge >= 0.3 is 0 Å². The van der Waals surface area contributed by atoms with Gasteiger partial charge in [0.05, 0.1) is 0 Å². The first-order chi connectivity index (χ1) is 7.68. The number of Topliss-reactive ketones (excluding diaryl/α,β-unsaturated/α-hetero) is 1. The molecule has 1 aromatic heterocycles. The normalized spacial score (nSPS) is 10.7. The minimum atomic E-state index is 0.379. The molecule has 0 N–H and O–H groups in total. The van der Waals surface area contributed by atoms with Gasteiger partial charge in [-0.25, -0.2) is 0 Å². The maximum absolute atomic E-state index is 11.6. The van der Waals surface area contributed by atoms with Crippen molar-refractivity contribution < 1.29 is 4.79 Å². The van der Waals surface area contributed by atoms with E-state index in [1.54, 1.807) is 6.20 Å². The van der Waals surface area contributed by atoms with Crippen LogP contribution in [0, 0.1) is 5.92 Å². The summed E-state index contributed by atoms with van der Waals surface area (Å²) in [6, 6.07) is 3.94. The van der Waals surface area contributed by atoms with Gasteiger partial charge in [-0.1, -0.05) is 26.3 Å². The summed E-state index contributed by atoms with van der Waals surface area (Å²) in [5, 5.41) is 0. The van der Waals surface area contributed by atoms with Crippen molar-refractivity contribution in [3.8, 4) is 0 Å². The summed E-state index contributed by atoms with van der Waals surface area (Å²) in [6.45, 7) is 4.39. The van der Waals surface area contributed by atoms with E-state index in [9.17, 15) is 4.79 Å². The number of aryl methyl sites for hydroxylation is 1. The van der Waals surface area contributed by atoms with Gasteiger partial charge < -0.3 is 0 Å². The second kappa shape index (κ2) is 7.15. The number of hydrogen-bond acceptors (Lipinski definition) is 2. The monoisotopic (exact) mass is 219 g/mol. The van der Waals surface area contributed by atoms with Crippen molar-refractivity contribution in [1.82, 2.24) is 4.98 Å². The van der Waals surface area contributed by atoms with E-state index in [-0.39, 0.29) is 0 Å². The minimum Gasteiger partial charge on any atom is -0.300 e. The van der Waals surface area contributed by atoms with Crippen LogP contribution in [-0.2, 0) is 11.2 Å². The Balaban J connectivity index is 2.16. The molecule has 1 rings (SSSR count). The number of carbonyl (C=O) groups is 1. The van der Waals surface area contributed by atoms with Crippen molar-refractivity contribution in [2.75, 3.05) is 0 Å². The summed E-state index contributed by atoms with van der Waals surface area (Å²) < 4.78 is 0. The molecule has 0 aliphatic rings. The molecule has 1 heterocycles. The predicted octanol–water partition coefficient (Wildman–Crippen LogP) is 3.41. The van der Waals surface area contributed by atoms with E-state index in [1.165, 1.54) is 0 Å². The van der Waals surface area contributed by atoms with Gasteiger partial charge in [-0.2, -0.15) is 0 Å². The average Bonchev–Trinajstić information content (AvgIpc) is 2.27. The molecule has 0 amide bonds. The van der Waals surface area contributed by atoms with Gasteiger partial charge in [0.2, 0.25) is 0 Å². The molecule has 1 aromatic rings. The van der Waals surface area contributed by atoms with Crippen molar-refractivity contribution >= 4 is 5.78 Å². The fraction of sp³-hybridized carbons (Fsp3) is 0.571. The zero-order valence-electron chi connectivity index (χ0n) is 10.3. The van der Waals surface area contributed by atoms with Crippen molar-refractivity contribution in [3.63, 3.8) is 0 Å². The molecule has 0 bridgehead atoms. The summed E-state index contributed by atoms with van der Waals surface area (Å²) >= 11 is 0. The Bertz CT molecular complexity index is 306. The van der Waals surface area contributed by atoms with Crippen LogP contribution in [0.25, 0.3) is 0 Å². The van der Waals surface area contributed by atoms with Gasteiger partial charge in [0, 0.05) is 25.2 Å². The summed E-state index contributed by atoms with van der Waals surface area (Å²) in [4.78, 5) is 15.6. The number of pyridine rings is 1. The van der Waals surface area contributed by atoms with Crippen molar-refractivity contribution in [1.29, 1.82) is 0 Å². The molecule has 0 aliphatic carbocycles. The second-order valence-corrected chi connectivity index (χ2v) is 4.69. The average molecular weight is 219 g/mol. The lowest BCUT2D eigenvalue weighted by atomic mass is 10.0. The van der Waals surface area contributed by atoms with Gasteiger partial charge in [0.25, 0.3) is 0 Å². The Hall–Kier alpha value is -1.18. The number of nitrogens with zero attached hydrogens (tertiary/aromatic N) is 1. The Labute approximate surface area is 98.1 Å². The lowest BCUT2D eigenvalue weighted by Gasteiger charge is -2.04. The topological polar surface area (TPSA) is 30.0 Å². The molecule has 0 spiro atoms. The fourth-order valence-electron chi connectivity index (χ4n) is 1.66. The molecule has 0 saturated carbocycles. The maximum Gasteiger partial charge on any atom is 0.133 e. The molecular weight excluding hydrogens is 198 g/mol. The van der Waals surface area contributed by atoms with Crippen LogP contribution < -0.4 is 0 Å². The van der Waals surface area contributed by atoms with Crippen LogP contribution in [0.4, 0.5) is 0 Å². The van der Waals surface area contributed by atoms with Crippen LogP contribution in [0.1, 0.15) is 45.1 Å². The first-order valence-electron chi connectivity index (χ1n) is 6.09. The summed E-state index contributed by atoms with van der Waals surface area (Å²) in [5.41, 5.74) is 1.15. The maximum atomic E-state index is 11.6. The Morgan fingerprint density at radius 2 is 2.19 bits per heavy atom. The third kappa shape index (κ3) is 5.64. The molecule has 0 unspecified atom stereocenters. The molecule has 0 saturated heterocycles. The molecule has 16 heavy (non-hydrogen) atoms. The van der Waals surface area contributed by atoms with Gasteiger partial charge in [0.15, 0.2) is 0 Å². The first-order valence-corrected chi connectivity index (χ1v) is 6.09. The Morgan fingerprint density at radius 1 is 1.38 bits per heavy atom. The lowest BCUT2D eigenvalue weighted by Crippen LogP contribution is -2.01. The number of ketones is 1. The highest BCUT2D eigenvalue weighted by Gasteiger charge is 2.03. The lowest BCUT2D eigenvalue weighted by molar-refractivity contribution is -0.119. The van der Waals surface area contributed by atoms with Crippen molar-refractivity contribution in [2.45, 2.75) is 46.0 Å². The van der Waals surface area contributed by atoms with Gasteiger partial charge in [-0.3, -0.25) is 9.78 Å². The van der Waals surface area contributed by atoms with E-state index < -0.39 is 0 Å². The molecule has 0 atom stereocenters. The van der Waals surface area contributed by atoms with Crippen LogP contribution in [0.3, 0.4) is 0 Å². The fourth-order valence-corrected chi connectivity index (χ4v) is 1.66. The second-order valence-electron chi connectivity index (χ2n) is 4.69. The predicted molar refractivity (Wildman–Crippen MR) is 66.3 cm³/mol. The van der Waals surface area contributed by atoms with Crippen LogP contribution >= 0.6 is 0 Å². The van der Waals surface area contributed by atoms with Crippen molar-refractivity contribution in [2.24, 2.45) is 5.92 Å². The largest absolute Gasteiger partial charge is 0.300 e. The van der Waals surface area contributed by atoms with E-state index >= 15 is 0 Å². The van der Waals surface area contributed by atoms with E-state index in [0.717, 1.165) is 31.2 Å². The van der Waals surface area contributed by atoms with E-state index in [4.69, 9.17) is 0 Å². The van der Waals surface area contributed by atoms with Gasteiger partial charge in [-0.15, -0.1) is 0 Å². The molecule has 0 aromatic carbocycles. The molecule has 0 fully saturated rings. The van der Waals surface area contributed by atoms with Crippen LogP contribution in [0.2, 0.25) is 0 Å². The molecular formula is C14H21NO. The standard InChI is InChI=1S/C14H21NO/c1-12(2)5-3-7-14(16)9-8-13-6-4-10-15-11-13/h4,6,10-12H,3,5,7-9H2,1-2H3. The molecule has 0 radical (unpaired) electrons.